The molecule has 0 aliphatic carbocycles. The van der Waals surface area contributed by atoms with Crippen LogP contribution in [-0.2, 0) is 6.42 Å². The van der Waals surface area contributed by atoms with E-state index in [1.165, 1.54) is 5.56 Å². The summed E-state index contributed by atoms with van der Waals surface area (Å²) in [4.78, 5) is 2.51. The van der Waals surface area contributed by atoms with E-state index in [4.69, 9.17) is 11.5 Å². The highest BCUT2D eigenvalue weighted by Crippen LogP contribution is 2.14. The summed E-state index contributed by atoms with van der Waals surface area (Å²) in [5, 5.41) is 13.5. The minimum atomic E-state index is 0.588. The summed E-state index contributed by atoms with van der Waals surface area (Å²) >= 11 is 0. The Balaban J connectivity index is 1.47. The Kier molecular flexibility index (Phi) is 6.51. The molecule has 140 valence electrons. The average Bonchev–Trinajstić information content (AvgIpc) is 3.21. The predicted octanol–water partition coefficient (Wildman–Crippen LogP) is 0.946. The smallest absolute Gasteiger partial charge is 0.0610 e. The van der Waals surface area contributed by atoms with Gasteiger partial charge >= 0.3 is 0 Å². The van der Waals surface area contributed by atoms with Gasteiger partial charge in [0.05, 0.1) is 11.9 Å². The number of piperazine rings is 1. The molecule has 1 aliphatic heterocycles. The van der Waals surface area contributed by atoms with Crippen LogP contribution < -0.4 is 22.1 Å². The molecule has 1 aliphatic rings. The van der Waals surface area contributed by atoms with Gasteiger partial charge in [-0.05, 0) is 24.1 Å². The standard InChI is InChI=1S/C19H29N7/c20-18(19(21)16-13-24-25-14-16)4-6-23-17-3-1-2-15(12-17)5-9-26-10-7-22-8-11-26/h1-3,12-14,22-23H,4-11,20-21H2,(H,24,25)/b19-18-. The van der Waals surface area contributed by atoms with Crippen LogP contribution in [0.1, 0.15) is 17.5 Å². The maximum atomic E-state index is 6.10. The lowest BCUT2D eigenvalue weighted by Crippen LogP contribution is -2.44. The largest absolute Gasteiger partial charge is 0.400 e. The molecule has 0 amide bonds. The average molecular weight is 355 g/mol. The SMILES string of the molecule is N/C(CCNc1cccc(CCN2CCNCC2)c1)=C(\N)c1cn[nH]c1. The molecule has 0 atom stereocenters. The molecule has 1 fully saturated rings. The number of nitrogens with zero attached hydrogens (tertiary/aromatic N) is 2. The molecular formula is C19H29N7. The zero-order chi connectivity index (χ0) is 18.2. The van der Waals surface area contributed by atoms with Gasteiger partial charge in [-0.2, -0.15) is 5.10 Å². The fourth-order valence-electron chi connectivity index (χ4n) is 3.12. The van der Waals surface area contributed by atoms with E-state index in [1.807, 2.05) is 0 Å². The molecule has 7 nitrogen and oxygen atoms in total. The lowest BCUT2D eigenvalue weighted by molar-refractivity contribution is 0.244. The maximum absolute atomic E-state index is 6.10. The highest BCUT2D eigenvalue weighted by molar-refractivity contribution is 5.64. The summed E-state index contributed by atoms with van der Waals surface area (Å²) in [6.07, 6.45) is 5.18. The van der Waals surface area contributed by atoms with E-state index in [0.717, 1.165) is 56.9 Å². The minimum Gasteiger partial charge on any atom is -0.400 e. The Morgan fingerprint density at radius 2 is 2.08 bits per heavy atom. The lowest BCUT2D eigenvalue weighted by atomic mass is 10.1. The molecule has 1 aromatic heterocycles. The molecule has 0 unspecified atom stereocenters. The van der Waals surface area contributed by atoms with Crippen LogP contribution in [0.2, 0.25) is 0 Å². The van der Waals surface area contributed by atoms with Crippen molar-refractivity contribution in [2.24, 2.45) is 11.5 Å². The topological polar surface area (TPSA) is 108 Å². The summed E-state index contributed by atoms with van der Waals surface area (Å²) in [5.41, 5.74) is 16.7. The van der Waals surface area contributed by atoms with Crippen molar-refractivity contribution in [2.75, 3.05) is 44.6 Å². The van der Waals surface area contributed by atoms with Gasteiger partial charge in [0.15, 0.2) is 0 Å². The van der Waals surface area contributed by atoms with Crippen LogP contribution in [0.5, 0.6) is 0 Å². The molecule has 0 bridgehead atoms. The molecule has 1 saturated heterocycles. The molecule has 1 aromatic carbocycles. The first kappa shape index (κ1) is 18.3. The van der Waals surface area contributed by atoms with Gasteiger partial charge in [-0.1, -0.05) is 12.1 Å². The van der Waals surface area contributed by atoms with Crippen molar-refractivity contribution in [1.82, 2.24) is 20.4 Å². The van der Waals surface area contributed by atoms with Crippen LogP contribution in [0.25, 0.3) is 5.70 Å². The number of aromatic nitrogens is 2. The van der Waals surface area contributed by atoms with Crippen LogP contribution in [-0.4, -0.2) is 54.4 Å². The zero-order valence-electron chi connectivity index (χ0n) is 15.2. The third-order valence-corrected chi connectivity index (χ3v) is 4.73. The lowest BCUT2D eigenvalue weighted by Gasteiger charge is -2.27. The number of H-pyrrole nitrogens is 1. The minimum absolute atomic E-state index is 0.588. The third kappa shape index (κ3) is 5.24. The summed E-state index contributed by atoms with van der Waals surface area (Å²) in [6.45, 7) is 6.33. The molecule has 2 heterocycles. The van der Waals surface area contributed by atoms with E-state index in [0.29, 0.717) is 17.8 Å². The van der Waals surface area contributed by atoms with Crippen LogP contribution in [0.3, 0.4) is 0 Å². The number of aromatic amines is 1. The normalized spacial score (nSPS) is 16.3. The van der Waals surface area contributed by atoms with E-state index in [1.54, 1.807) is 12.4 Å². The van der Waals surface area contributed by atoms with E-state index in [2.05, 4.69) is 50.0 Å². The van der Waals surface area contributed by atoms with Gasteiger partial charge in [-0.3, -0.25) is 5.10 Å². The molecule has 3 rings (SSSR count). The monoisotopic (exact) mass is 355 g/mol. The van der Waals surface area contributed by atoms with Crippen LogP contribution in [0.15, 0.2) is 42.4 Å². The highest BCUT2D eigenvalue weighted by Gasteiger charge is 2.09. The van der Waals surface area contributed by atoms with Crippen molar-refractivity contribution < 1.29 is 0 Å². The van der Waals surface area contributed by atoms with Crippen molar-refractivity contribution >= 4 is 11.4 Å². The van der Waals surface area contributed by atoms with Crippen molar-refractivity contribution in [3.8, 4) is 0 Å². The summed E-state index contributed by atoms with van der Waals surface area (Å²) in [5.74, 6) is 0. The van der Waals surface area contributed by atoms with Crippen LogP contribution in [0, 0.1) is 0 Å². The summed E-state index contributed by atoms with van der Waals surface area (Å²) < 4.78 is 0. The second-order valence-electron chi connectivity index (χ2n) is 6.64. The van der Waals surface area contributed by atoms with Gasteiger partial charge in [0, 0.05) is 68.8 Å². The second kappa shape index (κ2) is 9.26. The number of hydrogen-bond donors (Lipinski definition) is 5. The first-order chi connectivity index (χ1) is 12.7. The molecule has 0 spiro atoms. The first-order valence-corrected chi connectivity index (χ1v) is 9.21. The van der Waals surface area contributed by atoms with Gasteiger partial charge < -0.3 is 27.0 Å². The number of nitrogens with one attached hydrogen (secondary N) is 3. The molecule has 26 heavy (non-hydrogen) atoms. The fraction of sp³-hybridized carbons (Fsp3) is 0.421. The van der Waals surface area contributed by atoms with Gasteiger partial charge in [0.2, 0.25) is 0 Å². The van der Waals surface area contributed by atoms with Crippen molar-refractivity contribution in [3.63, 3.8) is 0 Å². The van der Waals surface area contributed by atoms with Gasteiger partial charge in [-0.25, -0.2) is 0 Å². The van der Waals surface area contributed by atoms with E-state index < -0.39 is 0 Å². The van der Waals surface area contributed by atoms with Crippen molar-refractivity contribution in [3.05, 3.63) is 53.5 Å². The Bertz CT molecular complexity index is 702. The van der Waals surface area contributed by atoms with Gasteiger partial charge in [-0.15, -0.1) is 0 Å². The van der Waals surface area contributed by atoms with E-state index in [9.17, 15) is 0 Å². The molecule has 0 radical (unpaired) electrons. The van der Waals surface area contributed by atoms with E-state index in [-0.39, 0.29) is 0 Å². The Hall–Kier alpha value is -2.51. The number of hydrogen-bond acceptors (Lipinski definition) is 6. The maximum Gasteiger partial charge on any atom is 0.0610 e. The van der Waals surface area contributed by atoms with Crippen LogP contribution in [0.4, 0.5) is 5.69 Å². The van der Waals surface area contributed by atoms with Crippen molar-refractivity contribution in [1.29, 1.82) is 0 Å². The number of rotatable bonds is 8. The van der Waals surface area contributed by atoms with Gasteiger partial charge in [0.25, 0.3) is 0 Å². The Morgan fingerprint density at radius 1 is 1.23 bits per heavy atom. The summed E-state index contributed by atoms with van der Waals surface area (Å²) in [7, 11) is 0. The Labute approximate surface area is 154 Å². The molecule has 7 N–H and O–H groups in total. The predicted molar refractivity (Wildman–Crippen MR) is 106 cm³/mol. The van der Waals surface area contributed by atoms with Crippen LogP contribution >= 0.6 is 0 Å². The third-order valence-electron chi connectivity index (χ3n) is 4.73. The molecular weight excluding hydrogens is 326 g/mol. The highest BCUT2D eigenvalue weighted by atomic mass is 15.2. The van der Waals surface area contributed by atoms with E-state index >= 15 is 0 Å². The summed E-state index contributed by atoms with van der Waals surface area (Å²) in [6, 6.07) is 8.61. The quantitative estimate of drug-likeness (QED) is 0.482. The number of anilines is 1. The molecule has 2 aromatic rings. The fourth-order valence-corrected chi connectivity index (χ4v) is 3.12. The van der Waals surface area contributed by atoms with Gasteiger partial charge in [0.1, 0.15) is 0 Å². The zero-order valence-corrected chi connectivity index (χ0v) is 15.2. The Morgan fingerprint density at radius 3 is 2.85 bits per heavy atom. The second-order valence-corrected chi connectivity index (χ2v) is 6.64. The first-order valence-electron chi connectivity index (χ1n) is 9.21. The number of nitrogens with two attached hydrogens (primary N) is 2. The molecule has 7 heteroatoms. The molecule has 0 saturated carbocycles. The number of benzene rings is 1. The van der Waals surface area contributed by atoms with Crippen molar-refractivity contribution in [2.45, 2.75) is 12.8 Å².